The number of hydrogen-bond acceptors (Lipinski definition) is 6. The summed E-state index contributed by atoms with van der Waals surface area (Å²) in [5, 5.41) is 9.54. The summed E-state index contributed by atoms with van der Waals surface area (Å²) in [4.78, 5) is 9.56. The lowest BCUT2D eigenvalue weighted by Crippen LogP contribution is -2.28. The van der Waals surface area contributed by atoms with Gasteiger partial charge in [0.05, 0.1) is 30.3 Å². The first-order valence-corrected chi connectivity index (χ1v) is 6.55. The highest BCUT2D eigenvalue weighted by Gasteiger charge is 2.22. The van der Waals surface area contributed by atoms with Crippen LogP contribution in [0.1, 0.15) is 5.56 Å². The first-order valence-electron chi connectivity index (χ1n) is 6.55. The van der Waals surface area contributed by atoms with Gasteiger partial charge in [0.15, 0.2) is 5.75 Å². The number of halogens is 2. The minimum absolute atomic E-state index is 0.107. The van der Waals surface area contributed by atoms with Crippen molar-refractivity contribution in [2.24, 2.45) is 0 Å². The molecule has 3 heterocycles. The SMILES string of the molecule is Cc1cc(N2CCOc3cnc(O)cc32)cnc1OC(F)F. The highest BCUT2D eigenvalue weighted by Crippen LogP contribution is 2.38. The van der Waals surface area contributed by atoms with Crippen LogP contribution in [0.5, 0.6) is 17.5 Å². The molecule has 3 rings (SSSR count). The Balaban J connectivity index is 1.96. The maximum atomic E-state index is 12.3. The van der Waals surface area contributed by atoms with Crippen molar-refractivity contribution in [3.05, 3.63) is 30.1 Å². The molecular weight excluding hydrogens is 296 g/mol. The van der Waals surface area contributed by atoms with E-state index >= 15 is 0 Å². The van der Waals surface area contributed by atoms with Gasteiger partial charge in [0.25, 0.3) is 0 Å². The Morgan fingerprint density at radius 3 is 2.86 bits per heavy atom. The second-order valence-electron chi connectivity index (χ2n) is 4.70. The summed E-state index contributed by atoms with van der Waals surface area (Å²) in [6.07, 6.45) is 2.88. The maximum Gasteiger partial charge on any atom is 0.388 e. The van der Waals surface area contributed by atoms with E-state index in [0.717, 1.165) is 0 Å². The van der Waals surface area contributed by atoms with Crippen molar-refractivity contribution in [2.75, 3.05) is 18.1 Å². The molecule has 116 valence electrons. The fraction of sp³-hybridized carbons (Fsp3) is 0.286. The molecule has 8 heteroatoms. The van der Waals surface area contributed by atoms with Gasteiger partial charge in [-0.2, -0.15) is 8.78 Å². The van der Waals surface area contributed by atoms with Gasteiger partial charge in [-0.05, 0) is 13.0 Å². The van der Waals surface area contributed by atoms with Crippen LogP contribution >= 0.6 is 0 Å². The lowest BCUT2D eigenvalue weighted by Gasteiger charge is -2.31. The molecule has 0 amide bonds. The molecule has 0 spiro atoms. The standard InChI is InChI=1S/C14H13F2N3O3/c1-8-4-9(6-18-13(8)22-14(15)16)19-2-3-21-11-7-17-12(20)5-10(11)19/h4-7,14H,2-3H2,1H3,(H,17,20). The Hall–Kier alpha value is -2.64. The number of nitrogens with zero attached hydrogens (tertiary/aromatic N) is 3. The van der Waals surface area contributed by atoms with Crippen LogP contribution in [0.2, 0.25) is 0 Å². The van der Waals surface area contributed by atoms with Crippen LogP contribution in [0.4, 0.5) is 20.2 Å². The van der Waals surface area contributed by atoms with Crippen LogP contribution in [-0.4, -0.2) is 34.8 Å². The first-order chi connectivity index (χ1) is 10.5. The normalized spacial score (nSPS) is 13.7. The fourth-order valence-corrected chi connectivity index (χ4v) is 2.28. The van der Waals surface area contributed by atoms with E-state index in [1.54, 1.807) is 13.0 Å². The van der Waals surface area contributed by atoms with E-state index in [2.05, 4.69) is 14.7 Å². The van der Waals surface area contributed by atoms with Gasteiger partial charge in [-0.1, -0.05) is 0 Å². The number of fused-ring (bicyclic) bond motifs is 1. The Labute approximate surface area is 124 Å². The van der Waals surface area contributed by atoms with E-state index in [1.165, 1.54) is 18.5 Å². The van der Waals surface area contributed by atoms with Crippen molar-refractivity contribution in [3.63, 3.8) is 0 Å². The number of hydrogen-bond donors (Lipinski definition) is 1. The number of anilines is 2. The van der Waals surface area contributed by atoms with Crippen molar-refractivity contribution in [3.8, 4) is 17.5 Å². The average molecular weight is 309 g/mol. The van der Waals surface area contributed by atoms with Gasteiger partial charge in [-0.15, -0.1) is 0 Å². The number of aromatic nitrogens is 2. The van der Waals surface area contributed by atoms with E-state index in [4.69, 9.17) is 4.74 Å². The van der Waals surface area contributed by atoms with E-state index in [1.807, 2.05) is 4.90 Å². The molecule has 1 N–H and O–H groups in total. The molecule has 0 aromatic carbocycles. The van der Waals surface area contributed by atoms with E-state index in [9.17, 15) is 13.9 Å². The van der Waals surface area contributed by atoms with Gasteiger partial charge in [0, 0.05) is 11.6 Å². The van der Waals surface area contributed by atoms with Gasteiger partial charge in [0.1, 0.15) is 6.61 Å². The monoisotopic (exact) mass is 309 g/mol. The number of alkyl halides is 2. The number of ether oxygens (including phenoxy) is 2. The van der Waals surface area contributed by atoms with Crippen molar-refractivity contribution < 1.29 is 23.4 Å². The molecule has 0 atom stereocenters. The van der Waals surface area contributed by atoms with Crippen molar-refractivity contribution in [1.82, 2.24) is 9.97 Å². The highest BCUT2D eigenvalue weighted by molar-refractivity contribution is 5.70. The topological polar surface area (TPSA) is 67.7 Å². The van der Waals surface area contributed by atoms with Crippen LogP contribution in [0.15, 0.2) is 24.5 Å². The van der Waals surface area contributed by atoms with Crippen molar-refractivity contribution in [1.29, 1.82) is 0 Å². The van der Waals surface area contributed by atoms with Gasteiger partial charge in [0.2, 0.25) is 11.8 Å². The van der Waals surface area contributed by atoms with Crippen LogP contribution in [-0.2, 0) is 0 Å². The quantitative estimate of drug-likeness (QED) is 0.940. The molecule has 22 heavy (non-hydrogen) atoms. The van der Waals surface area contributed by atoms with Crippen molar-refractivity contribution >= 4 is 11.4 Å². The molecule has 0 radical (unpaired) electrons. The zero-order chi connectivity index (χ0) is 15.7. The summed E-state index contributed by atoms with van der Waals surface area (Å²) < 4.78 is 34.4. The minimum atomic E-state index is -2.91. The van der Waals surface area contributed by atoms with Crippen LogP contribution in [0.3, 0.4) is 0 Å². The maximum absolute atomic E-state index is 12.3. The van der Waals surface area contributed by atoms with E-state index in [-0.39, 0.29) is 11.8 Å². The molecular formula is C14H13F2N3O3. The van der Waals surface area contributed by atoms with Gasteiger partial charge < -0.3 is 19.5 Å². The van der Waals surface area contributed by atoms with Crippen molar-refractivity contribution in [2.45, 2.75) is 13.5 Å². The molecule has 0 saturated carbocycles. The van der Waals surface area contributed by atoms with Gasteiger partial charge >= 0.3 is 6.61 Å². The number of aryl methyl sites for hydroxylation is 1. The molecule has 1 aliphatic rings. The average Bonchev–Trinajstić information content (AvgIpc) is 2.48. The molecule has 0 saturated heterocycles. The zero-order valence-electron chi connectivity index (χ0n) is 11.7. The molecule has 1 aliphatic heterocycles. The Morgan fingerprint density at radius 2 is 2.14 bits per heavy atom. The lowest BCUT2D eigenvalue weighted by atomic mass is 10.2. The van der Waals surface area contributed by atoms with Crippen LogP contribution in [0, 0.1) is 6.92 Å². The largest absolute Gasteiger partial charge is 0.493 e. The Bertz CT molecular complexity index is 697. The fourth-order valence-electron chi connectivity index (χ4n) is 2.28. The van der Waals surface area contributed by atoms with E-state index in [0.29, 0.717) is 35.8 Å². The second kappa shape index (κ2) is 5.63. The Kier molecular flexibility index (Phi) is 3.66. The highest BCUT2D eigenvalue weighted by atomic mass is 19.3. The third kappa shape index (κ3) is 2.72. The lowest BCUT2D eigenvalue weighted by molar-refractivity contribution is -0.0533. The van der Waals surface area contributed by atoms with E-state index < -0.39 is 6.61 Å². The molecule has 6 nitrogen and oxygen atoms in total. The summed E-state index contributed by atoms with van der Waals surface area (Å²) in [7, 11) is 0. The number of aromatic hydroxyl groups is 1. The second-order valence-corrected chi connectivity index (χ2v) is 4.70. The zero-order valence-corrected chi connectivity index (χ0v) is 11.7. The first kappa shape index (κ1) is 14.3. The summed E-state index contributed by atoms with van der Waals surface area (Å²) >= 11 is 0. The molecule has 0 aliphatic carbocycles. The molecule has 2 aromatic rings. The number of pyridine rings is 2. The molecule has 0 bridgehead atoms. The summed E-state index contributed by atoms with van der Waals surface area (Å²) in [5.41, 5.74) is 1.82. The molecule has 2 aromatic heterocycles. The predicted molar refractivity (Wildman–Crippen MR) is 74.0 cm³/mol. The number of rotatable bonds is 3. The summed E-state index contributed by atoms with van der Waals surface area (Å²) in [6.45, 7) is -0.302. The minimum Gasteiger partial charge on any atom is -0.493 e. The predicted octanol–water partition coefficient (Wildman–Crippen LogP) is 2.62. The summed E-state index contributed by atoms with van der Waals surface area (Å²) in [5.74, 6) is 0.302. The Morgan fingerprint density at radius 1 is 1.32 bits per heavy atom. The van der Waals surface area contributed by atoms with Gasteiger partial charge in [-0.25, -0.2) is 9.97 Å². The third-order valence-electron chi connectivity index (χ3n) is 3.22. The van der Waals surface area contributed by atoms with Gasteiger partial charge in [-0.3, -0.25) is 0 Å². The molecule has 0 unspecified atom stereocenters. The summed E-state index contributed by atoms with van der Waals surface area (Å²) in [6, 6.07) is 3.17. The van der Waals surface area contributed by atoms with Crippen LogP contribution < -0.4 is 14.4 Å². The van der Waals surface area contributed by atoms with Crippen LogP contribution in [0.25, 0.3) is 0 Å². The smallest absolute Gasteiger partial charge is 0.388 e. The third-order valence-corrected chi connectivity index (χ3v) is 3.22. The molecule has 0 fully saturated rings.